The maximum atomic E-state index is 12.4. The van der Waals surface area contributed by atoms with E-state index < -0.39 is 12.2 Å². The molecular weight excluding hydrogens is 344 g/mol. The van der Waals surface area contributed by atoms with Gasteiger partial charge in [0.15, 0.2) is 0 Å². The highest BCUT2D eigenvalue weighted by atomic mass is 16.6. The molecule has 0 bridgehead atoms. The molecule has 5 heteroatoms. The molecule has 148 valence electrons. The van der Waals surface area contributed by atoms with Crippen molar-refractivity contribution in [2.45, 2.75) is 73.0 Å². The highest BCUT2D eigenvalue weighted by molar-refractivity contribution is 5.87. The van der Waals surface area contributed by atoms with E-state index in [0.717, 1.165) is 18.6 Å². The maximum absolute atomic E-state index is 12.4. The lowest BCUT2D eigenvalue weighted by Gasteiger charge is -2.53. The van der Waals surface area contributed by atoms with Crippen LogP contribution < -0.4 is 0 Å². The van der Waals surface area contributed by atoms with E-state index >= 15 is 0 Å². The summed E-state index contributed by atoms with van der Waals surface area (Å²) in [5, 5.41) is 0. The molecular formula is C22H30O5. The number of hydrogen-bond acceptors (Lipinski definition) is 5. The van der Waals surface area contributed by atoms with Gasteiger partial charge in [-0.15, -0.1) is 0 Å². The zero-order valence-corrected chi connectivity index (χ0v) is 17.1. The van der Waals surface area contributed by atoms with Crippen LogP contribution in [0.4, 0.5) is 0 Å². The lowest BCUT2D eigenvalue weighted by molar-refractivity contribution is -0.189. The van der Waals surface area contributed by atoms with Crippen molar-refractivity contribution in [3.05, 3.63) is 34.8 Å². The summed E-state index contributed by atoms with van der Waals surface area (Å²) in [5.41, 5.74) is 2.98. The number of rotatable bonds is 3. The Labute approximate surface area is 161 Å². The van der Waals surface area contributed by atoms with Gasteiger partial charge in [-0.1, -0.05) is 19.9 Å². The van der Waals surface area contributed by atoms with Crippen molar-refractivity contribution < 1.29 is 23.5 Å². The summed E-state index contributed by atoms with van der Waals surface area (Å²) in [5.74, 6) is 0.727. The number of fused-ring (bicyclic) bond motifs is 2. The summed E-state index contributed by atoms with van der Waals surface area (Å²) < 4.78 is 17.3. The zero-order chi connectivity index (χ0) is 19.9. The summed E-state index contributed by atoms with van der Waals surface area (Å²) in [6.45, 7) is 11.4. The molecule has 5 atom stereocenters. The second kappa shape index (κ2) is 7.17. The van der Waals surface area contributed by atoms with Gasteiger partial charge < -0.3 is 13.9 Å². The molecule has 1 saturated carbocycles. The van der Waals surface area contributed by atoms with Crippen molar-refractivity contribution in [3.8, 4) is 0 Å². The first-order valence-electron chi connectivity index (χ1n) is 9.74. The van der Waals surface area contributed by atoms with Crippen LogP contribution in [-0.2, 0) is 31.9 Å². The van der Waals surface area contributed by atoms with Crippen molar-refractivity contribution in [3.63, 3.8) is 0 Å². The van der Waals surface area contributed by atoms with E-state index in [2.05, 4.69) is 20.8 Å². The van der Waals surface area contributed by atoms with Crippen molar-refractivity contribution >= 4 is 11.9 Å². The molecule has 27 heavy (non-hydrogen) atoms. The molecule has 0 N–H and O–H groups in total. The van der Waals surface area contributed by atoms with E-state index in [9.17, 15) is 9.59 Å². The van der Waals surface area contributed by atoms with Crippen LogP contribution in [0.25, 0.3) is 0 Å². The molecule has 3 rings (SSSR count). The van der Waals surface area contributed by atoms with E-state index in [0.29, 0.717) is 17.9 Å². The Hall–Kier alpha value is -2.04. The van der Waals surface area contributed by atoms with E-state index in [1.165, 1.54) is 18.1 Å². The minimum absolute atomic E-state index is 0.0414. The SMILES string of the molecule is C/C=C(/C)C(=O)O[C@H]1C[C@H]2Cc3occ(C)c3C[C@]2(C)[C@@H](C)[C@@H]1OC(C)=O. The number of aryl methyl sites for hydroxylation is 1. The van der Waals surface area contributed by atoms with E-state index in [-0.39, 0.29) is 23.3 Å². The monoisotopic (exact) mass is 374 g/mol. The Morgan fingerprint density at radius 1 is 1.30 bits per heavy atom. The van der Waals surface area contributed by atoms with Gasteiger partial charge in [-0.25, -0.2) is 4.79 Å². The Balaban J connectivity index is 1.93. The molecule has 0 spiro atoms. The quantitative estimate of drug-likeness (QED) is 0.587. The Bertz CT molecular complexity index is 774. The highest BCUT2D eigenvalue weighted by Crippen LogP contribution is 2.54. The van der Waals surface area contributed by atoms with Gasteiger partial charge in [-0.05, 0) is 56.1 Å². The van der Waals surface area contributed by atoms with Crippen molar-refractivity contribution in [2.24, 2.45) is 17.3 Å². The van der Waals surface area contributed by atoms with Crippen LogP contribution in [0, 0.1) is 24.2 Å². The van der Waals surface area contributed by atoms with Gasteiger partial charge in [0.25, 0.3) is 0 Å². The summed E-state index contributed by atoms with van der Waals surface area (Å²) in [6.07, 6.45) is 5.06. The van der Waals surface area contributed by atoms with Crippen molar-refractivity contribution in [1.29, 1.82) is 0 Å². The number of ether oxygens (including phenoxy) is 2. The minimum atomic E-state index is -0.443. The molecule has 0 unspecified atom stereocenters. The molecule has 0 radical (unpaired) electrons. The first kappa shape index (κ1) is 19.7. The van der Waals surface area contributed by atoms with Crippen LogP contribution >= 0.6 is 0 Å². The molecule has 0 amide bonds. The number of carbonyl (C=O) groups excluding carboxylic acids is 2. The van der Waals surface area contributed by atoms with E-state index in [1.807, 2.05) is 13.2 Å². The van der Waals surface area contributed by atoms with E-state index in [1.54, 1.807) is 13.0 Å². The standard InChI is InChI=1S/C22H30O5/c1-7-12(2)21(24)27-19-9-16-8-18-17(13(3)11-25-18)10-22(16,6)14(4)20(19)26-15(5)23/h7,11,14,16,19-20H,8-10H2,1-6H3/b12-7-/t14-,16+,19-,20-,22+/m0/s1. The topological polar surface area (TPSA) is 65.7 Å². The molecule has 1 aromatic rings. The van der Waals surface area contributed by atoms with Gasteiger partial charge in [0.05, 0.1) is 6.26 Å². The Morgan fingerprint density at radius 2 is 2.00 bits per heavy atom. The number of esters is 2. The zero-order valence-electron chi connectivity index (χ0n) is 17.1. The summed E-state index contributed by atoms with van der Waals surface area (Å²) in [7, 11) is 0. The lowest BCUT2D eigenvalue weighted by atomic mass is 9.54. The summed E-state index contributed by atoms with van der Waals surface area (Å²) in [6, 6.07) is 0. The normalized spacial score (nSPS) is 33.0. The molecule has 5 nitrogen and oxygen atoms in total. The van der Waals surface area contributed by atoms with Crippen LogP contribution in [0.2, 0.25) is 0 Å². The van der Waals surface area contributed by atoms with Gasteiger partial charge in [-0.3, -0.25) is 4.79 Å². The van der Waals surface area contributed by atoms with Gasteiger partial charge in [0.1, 0.15) is 18.0 Å². The van der Waals surface area contributed by atoms with Crippen LogP contribution in [-0.4, -0.2) is 24.1 Å². The Kier molecular flexibility index (Phi) is 5.24. The Morgan fingerprint density at radius 3 is 2.63 bits per heavy atom. The van der Waals surface area contributed by atoms with Gasteiger partial charge in [0, 0.05) is 24.8 Å². The smallest absolute Gasteiger partial charge is 0.333 e. The van der Waals surface area contributed by atoms with Gasteiger partial charge in [0.2, 0.25) is 0 Å². The average molecular weight is 374 g/mol. The third-order valence-corrected chi connectivity index (χ3v) is 6.84. The van der Waals surface area contributed by atoms with Crippen LogP contribution in [0.5, 0.6) is 0 Å². The average Bonchev–Trinajstić information content (AvgIpc) is 2.96. The fraction of sp³-hybridized carbons (Fsp3) is 0.636. The molecule has 0 aromatic carbocycles. The second-order valence-electron chi connectivity index (χ2n) is 8.42. The predicted molar refractivity (Wildman–Crippen MR) is 101 cm³/mol. The fourth-order valence-corrected chi connectivity index (χ4v) is 4.74. The third kappa shape index (κ3) is 3.44. The largest absolute Gasteiger partial charge is 0.469 e. The molecule has 1 aromatic heterocycles. The van der Waals surface area contributed by atoms with Crippen LogP contribution in [0.1, 0.15) is 57.9 Å². The summed E-state index contributed by atoms with van der Waals surface area (Å²) in [4.78, 5) is 24.1. The molecule has 2 aliphatic rings. The number of hydrogen-bond donors (Lipinski definition) is 0. The first-order valence-corrected chi connectivity index (χ1v) is 9.74. The van der Waals surface area contributed by atoms with Crippen LogP contribution in [0.3, 0.4) is 0 Å². The molecule has 0 aliphatic heterocycles. The molecule has 1 fully saturated rings. The highest BCUT2D eigenvalue weighted by Gasteiger charge is 2.55. The van der Waals surface area contributed by atoms with Crippen LogP contribution in [0.15, 0.2) is 22.3 Å². The number of carbonyl (C=O) groups is 2. The second-order valence-corrected chi connectivity index (χ2v) is 8.42. The predicted octanol–water partition coefficient (Wildman–Crippen LogP) is 4.16. The van der Waals surface area contributed by atoms with Crippen molar-refractivity contribution in [1.82, 2.24) is 0 Å². The minimum Gasteiger partial charge on any atom is -0.469 e. The van der Waals surface area contributed by atoms with E-state index in [4.69, 9.17) is 13.9 Å². The van der Waals surface area contributed by atoms with Gasteiger partial charge >= 0.3 is 11.9 Å². The first-order chi connectivity index (χ1) is 12.7. The van der Waals surface area contributed by atoms with Crippen molar-refractivity contribution in [2.75, 3.05) is 0 Å². The third-order valence-electron chi connectivity index (χ3n) is 6.84. The maximum Gasteiger partial charge on any atom is 0.333 e. The molecule has 2 aliphatic carbocycles. The number of allylic oxidation sites excluding steroid dienone is 1. The fourth-order valence-electron chi connectivity index (χ4n) is 4.74. The summed E-state index contributed by atoms with van der Waals surface area (Å²) >= 11 is 0. The lowest BCUT2D eigenvalue weighted by Crippen LogP contribution is -2.56. The molecule has 0 saturated heterocycles. The molecule has 1 heterocycles. The van der Waals surface area contributed by atoms with Gasteiger partial charge in [-0.2, -0.15) is 0 Å². The number of furan rings is 1.